The number of aryl methyl sites for hydroxylation is 2. The number of hydrogen-bond acceptors (Lipinski definition) is 5. The van der Waals surface area contributed by atoms with Crippen LogP contribution in [0.25, 0.3) is 22.3 Å². The molecule has 1 atom stereocenters. The lowest BCUT2D eigenvalue weighted by Crippen LogP contribution is -1.96. The molecule has 6 nitrogen and oxygen atoms in total. The lowest BCUT2D eigenvalue weighted by atomic mass is 10.1. The normalized spacial score (nSPS) is 11.8. The fourth-order valence-electron chi connectivity index (χ4n) is 3.21. The van der Waals surface area contributed by atoms with Gasteiger partial charge in [-0.05, 0) is 59.8 Å². The SMILES string of the molecule is CSc1cc(-c2cnn(C)c2C)ccc1Nc1cc(Cl)nc2c1nc(C)n2PI. The topological polar surface area (TPSA) is 60.6 Å². The summed E-state index contributed by atoms with van der Waals surface area (Å²) >= 11 is 10.3. The highest BCUT2D eigenvalue weighted by Gasteiger charge is 2.16. The minimum Gasteiger partial charge on any atom is -0.353 e. The van der Waals surface area contributed by atoms with Gasteiger partial charge in [-0.25, -0.2) is 9.97 Å². The first-order chi connectivity index (χ1) is 13.9. The molecule has 0 aliphatic heterocycles. The van der Waals surface area contributed by atoms with Gasteiger partial charge in [-0.15, -0.1) is 11.8 Å². The molecular weight excluding hydrogens is 538 g/mol. The van der Waals surface area contributed by atoms with Gasteiger partial charge in [0.05, 0.1) is 23.9 Å². The second-order valence-electron chi connectivity index (χ2n) is 6.55. The Labute approximate surface area is 193 Å². The van der Waals surface area contributed by atoms with Crippen LogP contribution in [-0.2, 0) is 7.05 Å². The number of aromatic nitrogens is 5. The minimum atomic E-state index is 0.448. The maximum absolute atomic E-state index is 6.32. The summed E-state index contributed by atoms with van der Waals surface area (Å²) in [5.41, 5.74) is 6.93. The van der Waals surface area contributed by atoms with Gasteiger partial charge in [0, 0.05) is 29.3 Å². The fourth-order valence-corrected chi connectivity index (χ4v) is 6.13. The second kappa shape index (κ2) is 8.41. The molecule has 10 heteroatoms. The van der Waals surface area contributed by atoms with E-state index in [-0.39, 0.29) is 0 Å². The second-order valence-corrected chi connectivity index (χ2v) is 9.85. The lowest BCUT2D eigenvalue weighted by molar-refractivity contribution is 0.740. The summed E-state index contributed by atoms with van der Waals surface area (Å²) in [4.78, 5) is 10.3. The predicted molar refractivity (Wildman–Crippen MR) is 133 cm³/mol. The van der Waals surface area contributed by atoms with Crippen LogP contribution in [-0.4, -0.2) is 30.3 Å². The van der Waals surface area contributed by atoms with Gasteiger partial charge < -0.3 is 5.32 Å². The van der Waals surface area contributed by atoms with Crippen LogP contribution in [0, 0.1) is 13.8 Å². The van der Waals surface area contributed by atoms with Crippen molar-refractivity contribution in [2.45, 2.75) is 18.7 Å². The number of rotatable bonds is 5. The first-order valence-electron chi connectivity index (χ1n) is 8.79. The van der Waals surface area contributed by atoms with E-state index in [0.717, 1.165) is 50.1 Å². The molecular formula is C19H19ClIN6PS. The van der Waals surface area contributed by atoms with Crippen LogP contribution >= 0.6 is 51.8 Å². The van der Waals surface area contributed by atoms with Gasteiger partial charge in [-0.3, -0.25) is 9.02 Å². The number of benzene rings is 1. The van der Waals surface area contributed by atoms with E-state index in [2.05, 4.69) is 73.2 Å². The molecule has 0 radical (unpaired) electrons. The van der Waals surface area contributed by atoms with Crippen molar-refractivity contribution in [2.24, 2.45) is 7.05 Å². The Hall–Kier alpha value is -1.35. The highest BCUT2D eigenvalue weighted by atomic mass is 127. The van der Waals surface area contributed by atoms with Crippen molar-refractivity contribution < 1.29 is 0 Å². The number of pyridine rings is 1. The van der Waals surface area contributed by atoms with Crippen LogP contribution in [0.5, 0.6) is 0 Å². The highest BCUT2D eigenvalue weighted by molar-refractivity contribution is 14.2. The van der Waals surface area contributed by atoms with E-state index in [4.69, 9.17) is 16.6 Å². The molecule has 1 unspecified atom stereocenters. The monoisotopic (exact) mass is 556 g/mol. The molecule has 0 bridgehead atoms. The average molecular weight is 557 g/mol. The number of thioether (sulfide) groups is 1. The van der Waals surface area contributed by atoms with Gasteiger partial charge in [0.15, 0.2) is 5.65 Å². The lowest BCUT2D eigenvalue weighted by Gasteiger charge is -2.13. The van der Waals surface area contributed by atoms with Gasteiger partial charge in [-0.2, -0.15) is 5.10 Å². The molecule has 0 saturated carbocycles. The molecule has 150 valence electrons. The van der Waals surface area contributed by atoms with E-state index in [1.165, 1.54) is 0 Å². The Morgan fingerprint density at radius 2 is 1.97 bits per heavy atom. The summed E-state index contributed by atoms with van der Waals surface area (Å²) in [5, 5.41) is 8.34. The van der Waals surface area contributed by atoms with Crippen molar-refractivity contribution in [1.82, 2.24) is 24.1 Å². The predicted octanol–water partition coefficient (Wildman–Crippen LogP) is 6.36. The number of nitrogens with zero attached hydrogens (tertiary/aromatic N) is 5. The Morgan fingerprint density at radius 3 is 2.62 bits per heavy atom. The highest BCUT2D eigenvalue weighted by Crippen LogP contribution is 2.38. The van der Waals surface area contributed by atoms with E-state index in [1.807, 2.05) is 30.9 Å². The number of halogens is 2. The van der Waals surface area contributed by atoms with E-state index in [1.54, 1.807) is 11.8 Å². The summed E-state index contributed by atoms with van der Waals surface area (Å²) in [7, 11) is 1.96. The quantitative estimate of drug-likeness (QED) is 0.134. The maximum atomic E-state index is 6.32. The van der Waals surface area contributed by atoms with Crippen LogP contribution in [0.4, 0.5) is 11.4 Å². The van der Waals surface area contributed by atoms with Gasteiger partial charge in [0.1, 0.15) is 16.5 Å². The number of imidazole rings is 1. The minimum absolute atomic E-state index is 0.448. The summed E-state index contributed by atoms with van der Waals surface area (Å²) in [5.74, 6) is 0.929. The Balaban J connectivity index is 1.78. The van der Waals surface area contributed by atoms with Gasteiger partial charge in [0.2, 0.25) is 0 Å². The Kier molecular flexibility index (Phi) is 6.06. The summed E-state index contributed by atoms with van der Waals surface area (Å²) < 4.78 is 3.97. The average Bonchev–Trinajstić information content (AvgIpc) is 3.20. The molecule has 0 fully saturated rings. The van der Waals surface area contributed by atoms with E-state index >= 15 is 0 Å². The van der Waals surface area contributed by atoms with Crippen molar-refractivity contribution in [1.29, 1.82) is 0 Å². The van der Waals surface area contributed by atoms with Crippen molar-refractivity contribution in [3.63, 3.8) is 0 Å². The van der Waals surface area contributed by atoms with Gasteiger partial charge >= 0.3 is 0 Å². The summed E-state index contributed by atoms with van der Waals surface area (Å²) in [6.45, 7) is 4.07. The molecule has 3 heterocycles. The van der Waals surface area contributed by atoms with Crippen LogP contribution < -0.4 is 5.32 Å². The largest absolute Gasteiger partial charge is 0.353 e. The molecule has 4 aromatic rings. The van der Waals surface area contributed by atoms with Gasteiger partial charge in [0.25, 0.3) is 0 Å². The third kappa shape index (κ3) is 3.87. The van der Waals surface area contributed by atoms with E-state index in [9.17, 15) is 0 Å². The number of anilines is 2. The third-order valence-corrected chi connectivity index (χ3v) is 7.98. The van der Waals surface area contributed by atoms with Crippen molar-refractivity contribution in [2.75, 3.05) is 11.6 Å². The Bertz CT molecular complexity index is 1220. The molecule has 4 rings (SSSR count). The van der Waals surface area contributed by atoms with Crippen molar-refractivity contribution >= 4 is 74.3 Å². The standard InChI is InChI=1S/C19H19ClIN6PS/c1-10-13(9-22-26(10)3)12-5-6-14(16(7-12)29-4)24-15-8-17(20)25-19-18(15)23-11(2)27(19)28-21/h5-9,28H,1-4H3,(H,24,25). The van der Waals surface area contributed by atoms with Crippen LogP contribution in [0.1, 0.15) is 11.5 Å². The maximum Gasteiger partial charge on any atom is 0.167 e. The van der Waals surface area contributed by atoms with E-state index in [0.29, 0.717) is 11.5 Å². The summed E-state index contributed by atoms with van der Waals surface area (Å²) in [6, 6.07) is 8.23. The molecule has 0 saturated heterocycles. The molecule has 0 spiro atoms. The van der Waals surface area contributed by atoms with Crippen LogP contribution in [0.3, 0.4) is 0 Å². The molecule has 0 aliphatic rings. The van der Waals surface area contributed by atoms with Crippen LogP contribution in [0.2, 0.25) is 5.15 Å². The van der Waals surface area contributed by atoms with E-state index < -0.39 is 0 Å². The molecule has 0 aliphatic carbocycles. The smallest absolute Gasteiger partial charge is 0.167 e. The zero-order valence-electron chi connectivity index (χ0n) is 16.3. The number of hydrogen-bond donors (Lipinski definition) is 1. The first kappa shape index (κ1) is 20.9. The van der Waals surface area contributed by atoms with Crippen molar-refractivity contribution in [3.8, 4) is 11.1 Å². The number of nitrogens with one attached hydrogen (secondary N) is 1. The molecule has 1 aromatic carbocycles. The zero-order chi connectivity index (χ0) is 20.7. The molecule has 3 aromatic heterocycles. The third-order valence-electron chi connectivity index (χ3n) is 4.85. The van der Waals surface area contributed by atoms with Gasteiger partial charge in [-0.1, -0.05) is 17.7 Å². The zero-order valence-corrected chi connectivity index (χ0v) is 21.0. The first-order valence-corrected chi connectivity index (χ1v) is 14.5. The summed E-state index contributed by atoms with van der Waals surface area (Å²) in [6.07, 6.45) is 4.50. The van der Waals surface area contributed by atoms with Crippen LogP contribution in [0.15, 0.2) is 35.4 Å². The van der Waals surface area contributed by atoms with Crippen molar-refractivity contribution in [3.05, 3.63) is 47.1 Å². The molecule has 0 amide bonds. The molecule has 29 heavy (non-hydrogen) atoms. The fraction of sp³-hybridized carbons (Fsp3) is 0.211. The Morgan fingerprint density at radius 1 is 1.17 bits per heavy atom. The number of fused-ring (bicyclic) bond motifs is 1. The molecule has 1 N–H and O–H groups in total.